The van der Waals surface area contributed by atoms with Gasteiger partial charge in [-0.1, -0.05) is 12.1 Å². The molecular weight excluding hydrogens is 246 g/mol. The van der Waals surface area contributed by atoms with E-state index >= 15 is 0 Å². The van der Waals surface area contributed by atoms with Gasteiger partial charge in [-0.25, -0.2) is 0 Å². The van der Waals surface area contributed by atoms with Crippen molar-refractivity contribution in [3.63, 3.8) is 0 Å². The first-order chi connectivity index (χ1) is 8.67. The summed E-state index contributed by atoms with van der Waals surface area (Å²) in [5.74, 6) is -0.101. The van der Waals surface area contributed by atoms with E-state index < -0.39 is 0 Å². The largest absolute Gasteiger partial charge is 0.469 e. The van der Waals surface area contributed by atoms with Crippen LogP contribution in [-0.2, 0) is 9.53 Å². The van der Waals surface area contributed by atoms with E-state index in [0.717, 1.165) is 18.4 Å². The number of hydrogen-bond donors (Lipinski definition) is 1. The molecule has 1 aliphatic rings. The zero-order valence-corrected chi connectivity index (χ0v) is 11.8. The predicted molar refractivity (Wildman–Crippen MR) is 73.7 cm³/mol. The van der Waals surface area contributed by atoms with Crippen molar-refractivity contribution < 1.29 is 9.53 Å². The smallest absolute Gasteiger partial charge is 0.313 e. The maximum atomic E-state index is 11.9. The van der Waals surface area contributed by atoms with Crippen LogP contribution in [0.2, 0.25) is 0 Å². The van der Waals surface area contributed by atoms with Crippen molar-refractivity contribution >= 4 is 17.7 Å². The molecule has 2 rings (SSSR count). The third-order valence-electron chi connectivity index (χ3n) is 3.67. The van der Waals surface area contributed by atoms with Crippen LogP contribution < -0.4 is 5.32 Å². The Balaban J connectivity index is 2.25. The summed E-state index contributed by atoms with van der Waals surface area (Å²) in [5, 5.41) is 3.27. The van der Waals surface area contributed by atoms with Crippen molar-refractivity contribution in [2.75, 3.05) is 20.4 Å². The van der Waals surface area contributed by atoms with Crippen LogP contribution in [0.3, 0.4) is 0 Å². The minimum absolute atomic E-state index is 0.0425. The van der Waals surface area contributed by atoms with Crippen molar-refractivity contribution in [2.24, 2.45) is 5.41 Å². The van der Waals surface area contributed by atoms with Gasteiger partial charge in [0.15, 0.2) is 0 Å². The second-order valence-corrected chi connectivity index (χ2v) is 5.52. The zero-order valence-electron chi connectivity index (χ0n) is 11.0. The third kappa shape index (κ3) is 2.27. The fourth-order valence-electron chi connectivity index (χ4n) is 2.51. The molecule has 98 valence electrons. The van der Waals surface area contributed by atoms with Crippen molar-refractivity contribution in [3.05, 3.63) is 29.8 Å². The summed E-state index contributed by atoms with van der Waals surface area (Å²) in [7, 11) is 3.36. The summed E-state index contributed by atoms with van der Waals surface area (Å²) in [6.45, 7) is 0. The third-order valence-corrected chi connectivity index (χ3v) is 4.41. The molecule has 0 bridgehead atoms. The molecule has 3 nitrogen and oxygen atoms in total. The Bertz CT molecular complexity index is 426. The first kappa shape index (κ1) is 13.4. The molecule has 0 spiro atoms. The average Bonchev–Trinajstić information content (AvgIpc) is 3.21. The number of esters is 1. The Morgan fingerprint density at radius 1 is 1.39 bits per heavy atom. The number of carbonyl (C=O) groups is 1. The lowest BCUT2D eigenvalue weighted by atomic mass is 9.90. The van der Waals surface area contributed by atoms with E-state index in [9.17, 15) is 4.79 Å². The highest BCUT2D eigenvalue weighted by molar-refractivity contribution is 7.98. The highest BCUT2D eigenvalue weighted by Crippen LogP contribution is 2.55. The number of hydrogen-bond acceptors (Lipinski definition) is 4. The van der Waals surface area contributed by atoms with Gasteiger partial charge in [0, 0.05) is 10.9 Å². The van der Waals surface area contributed by atoms with Gasteiger partial charge in [0.1, 0.15) is 0 Å². The van der Waals surface area contributed by atoms with E-state index in [4.69, 9.17) is 4.74 Å². The van der Waals surface area contributed by atoms with E-state index in [0.29, 0.717) is 0 Å². The molecule has 0 radical (unpaired) electrons. The van der Waals surface area contributed by atoms with Gasteiger partial charge in [0.05, 0.1) is 12.5 Å². The predicted octanol–water partition coefficient (Wildman–Crippen LogP) is 2.62. The molecule has 1 atom stereocenters. The highest BCUT2D eigenvalue weighted by Gasteiger charge is 2.56. The first-order valence-electron chi connectivity index (χ1n) is 6.07. The average molecular weight is 265 g/mol. The Labute approximate surface area is 112 Å². The van der Waals surface area contributed by atoms with Crippen LogP contribution in [0, 0.1) is 5.41 Å². The van der Waals surface area contributed by atoms with Gasteiger partial charge in [0.2, 0.25) is 0 Å². The number of benzene rings is 1. The summed E-state index contributed by atoms with van der Waals surface area (Å²) < 4.78 is 4.94. The number of ether oxygens (including phenoxy) is 1. The lowest BCUT2D eigenvalue weighted by Gasteiger charge is -2.25. The van der Waals surface area contributed by atoms with Gasteiger partial charge >= 0.3 is 5.97 Å². The van der Waals surface area contributed by atoms with Crippen LogP contribution in [0.15, 0.2) is 29.2 Å². The van der Waals surface area contributed by atoms with Crippen LogP contribution >= 0.6 is 11.8 Å². The van der Waals surface area contributed by atoms with Gasteiger partial charge in [-0.2, -0.15) is 0 Å². The minimum atomic E-state index is -0.357. The maximum Gasteiger partial charge on any atom is 0.313 e. The molecule has 4 heteroatoms. The quantitative estimate of drug-likeness (QED) is 0.656. The van der Waals surface area contributed by atoms with Crippen LogP contribution in [0.5, 0.6) is 0 Å². The summed E-state index contributed by atoms with van der Waals surface area (Å²) in [5.41, 5.74) is 0.794. The SMILES string of the molecule is CNC(c1ccc(SC)cc1)C1(C(=O)OC)CC1. The number of methoxy groups -OCH3 is 1. The van der Waals surface area contributed by atoms with Gasteiger partial charge in [0.25, 0.3) is 0 Å². The maximum absolute atomic E-state index is 11.9. The van der Waals surface area contributed by atoms with E-state index in [1.165, 1.54) is 12.0 Å². The lowest BCUT2D eigenvalue weighted by molar-refractivity contribution is -0.148. The van der Waals surface area contributed by atoms with Gasteiger partial charge < -0.3 is 10.1 Å². The van der Waals surface area contributed by atoms with Crippen molar-refractivity contribution in [3.8, 4) is 0 Å². The molecular formula is C14H19NO2S. The molecule has 0 aromatic heterocycles. The van der Waals surface area contributed by atoms with E-state index in [1.54, 1.807) is 11.8 Å². The van der Waals surface area contributed by atoms with Crippen LogP contribution in [-0.4, -0.2) is 26.4 Å². The molecule has 0 heterocycles. The van der Waals surface area contributed by atoms with Crippen LogP contribution in [0.1, 0.15) is 24.4 Å². The molecule has 18 heavy (non-hydrogen) atoms. The Kier molecular flexibility index (Phi) is 3.97. The van der Waals surface area contributed by atoms with E-state index in [-0.39, 0.29) is 17.4 Å². The van der Waals surface area contributed by atoms with Gasteiger partial charge in [-0.15, -0.1) is 11.8 Å². The molecule has 1 fully saturated rings. The molecule has 1 aromatic rings. The molecule has 0 amide bonds. The zero-order chi connectivity index (χ0) is 13.2. The van der Waals surface area contributed by atoms with E-state index in [1.807, 2.05) is 7.05 Å². The summed E-state index contributed by atoms with van der Waals surface area (Å²) in [6, 6.07) is 8.42. The molecule has 1 N–H and O–H groups in total. The van der Waals surface area contributed by atoms with Crippen molar-refractivity contribution in [2.45, 2.75) is 23.8 Å². The van der Waals surface area contributed by atoms with Crippen LogP contribution in [0.4, 0.5) is 0 Å². The van der Waals surface area contributed by atoms with E-state index in [2.05, 4.69) is 35.8 Å². The molecule has 1 saturated carbocycles. The van der Waals surface area contributed by atoms with Gasteiger partial charge in [-0.3, -0.25) is 4.79 Å². The van der Waals surface area contributed by atoms with Gasteiger partial charge in [-0.05, 0) is 43.8 Å². The Hall–Kier alpha value is -1.00. The molecule has 1 aromatic carbocycles. The monoisotopic (exact) mass is 265 g/mol. The molecule has 0 aliphatic heterocycles. The number of carbonyl (C=O) groups excluding carboxylic acids is 1. The second kappa shape index (κ2) is 5.33. The summed E-state index contributed by atoms with van der Waals surface area (Å²) >= 11 is 1.72. The van der Waals surface area contributed by atoms with Crippen molar-refractivity contribution in [1.29, 1.82) is 0 Å². The fraction of sp³-hybridized carbons (Fsp3) is 0.500. The minimum Gasteiger partial charge on any atom is -0.469 e. The lowest BCUT2D eigenvalue weighted by Crippen LogP contribution is -2.33. The summed E-state index contributed by atoms with van der Waals surface area (Å²) in [4.78, 5) is 13.2. The van der Waals surface area contributed by atoms with Crippen molar-refractivity contribution in [1.82, 2.24) is 5.32 Å². The second-order valence-electron chi connectivity index (χ2n) is 4.64. The summed E-state index contributed by atoms with van der Waals surface area (Å²) in [6.07, 6.45) is 3.85. The number of rotatable bonds is 5. The highest BCUT2D eigenvalue weighted by atomic mass is 32.2. The molecule has 1 aliphatic carbocycles. The molecule has 0 saturated heterocycles. The Morgan fingerprint density at radius 3 is 2.39 bits per heavy atom. The normalized spacial score (nSPS) is 18.2. The molecule has 1 unspecified atom stereocenters. The standard InChI is InChI=1S/C14H19NO2S/c1-15-12(14(8-9-14)13(16)17-2)10-4-6-11(18-3)7-5-10/h4-7,12,15H,8-9H2,1-3H3. The first-order valence-corrected chi connectivity index (χ1v) is 7.30. The van der Waals surface area contributed by atoms with Crippen LogP contribution in [0.25, 0.3) is 0 Å². The number of nitrogens with one attached hydrogen (secondary N) is 1. The Morgan fingerprint density at radius 2 is 2.00 bits per heavy atom. The topological polar surface area (TPSA) is 38.3 Å². The number of thioether (sulfide) groups is 1. The fourth-order valence-corrected chi connectivity index (χ4v) is 2.92.